The molecule has 5 heteroatoms. The molecule has 1 atom stereocenters. The number of carbonyl (C=O) groups is 2. The van der Waals surface area contributed by atoms with Gasteiger partial charge in [-0.1, -0.05) is 68.4 Å². The predicted octanol–water partition coefficient (Wildman–Crippen LogP) is 4.56. The number of nitrogens with zero attached hydrogens (tertiary/aromatic N) is 2. The average molecular weight is 441 g/mol. The summed E-state index contributed by atoms with van der Waals surface area (Å²) in [4.78, 5) is 30.9. The van der Waals surface area contributed by atoms with Crippen LogP contribution in [0.3, 0.4) is 0 Å². The number of rotatable bonds is 5. The van der Waals surface area contributed by atoms with Crippen LogP contribution in [0.15, 0.2) is 72.8 Å². The van der Waals surface area contributed by atoms with Gasteiger partial charge in [0, 0.05) is 29.8 Å². The Hall–Kier alpha value is -3.60. The van der Waals surface area contributed by atoms with Gasteiger partial charge in [-0.25, -0.2) is 0 Å². The molecular formula is C28H28N2O3. The van der Waals surface area contributed by atoms with Gasteiger partial charge in [0.2, 0.25) is 5.91 Å². The minimum atomic E-state index is -0.910. The molecule has 2 aliphatic heterocycles. The first-order chi connectivity index (χ1) is 16.0. The van der Waals surface area contributed by atoms with Gasteiger partial charge in [-0.2, -0.15) is 0 Å². The molecular weight excluding hydrogens is 412 g/mol. The first kappa shape index (κ1) is 21.3. The van der Waals surface area contributed by atoms with Crippen LogP contribution in [0.2, 0.25) is 0 Å². The van der Waals surface area contributed by atoms with Gasteiger partial charge in [-0.15, -0.1) is 0 Å². The highest BCUT2D eigenvalue weighted by Gasteiger charge is 2.59. The molecule has 3 aromatic carbocycles. The van der Waals surface area contributed by atoms with Crippen molar-refractivity contribution in [3.05, 3.63) is 101 Å². The summed E-state index contributed by atoms with van der Waals surface area (Å²) in [5, 5.41) is 0. The van der Waals surface area contributed by atoms with E-state index in [2.05, 4.69) is 38.1 Å². The molecule has 1 saturated heterocycles. The Morgan fingerprint density at radius 1 is 0.970 bits per heavy atom. The number of hydrogen-bond acceptors (Lipinski definition) is 3. The number of amides is 2. The third-order valence-corrected chi connectivity index (χ3v) is 6.90. The molecule has 3 aromatic rings. The summed E-state index contributed by atoms with van der Waals surface area (Å²) in [7, 11) is 1.63. The largest absolute Gasteiger partial charge is 0.497 e. The predicted molar refractivity (Wildman–Crippen MR) is 127 cm³/mol. The van der Waals surface area contributed by atoms with Crippen molar-refractivity contribution in [1.29, 1.82) is 0 Å². The maximum absolute atomic E-state index is 13.7. The van der Waals surface area contributed by atoms with E-state index < -0.39 is 5.66 Å². The second-order valence-corrected chi connectivity index (χ2v) is 9.02. The highest BCUT2D eigenvalue weighted by atomic mass is 16.5. The van der Waals surface area contributed by atoms with Crippen molar-refractivity contribution in [3.63, 3.8) is 0 Å². The van der Waals surface area contributed by atoms with Crippen LogP contribution in [-0.2, 0) is 16.9 Å². The second kappa shape index (κ2) is 8.07. The monoisotopic (exact) mass is 440 g/mol. The molecule has 0 bridgehead atoms. The van der Waals surface area contributed by atoms with Gasteiger partial charge >= 0.3 is 0 Å². The second-order valence-electron chi connectivity index (χ2n) is 9.02. The molecule has 5 nitrogen and oxygen atoms in total. The molecule has 0 N–H and O–H groups in total. The number of methoxy groups -OCH3 is 1. The standard InChI is InChI=1S/C28H28N2O3/c1-19(2)21-10-12-22(13-11-21)28-25-7-5-4-6-24(25)27(32)30(28)17-16-29(28)26(31)18-20-8-14-23(33-3)15-9-20/h4-15,19H,16-18H2,1-3H3. The fourth-order valence-corrected chi connectivity index (χ4v) is 5.21. The van der Waals surface area contributed by atoms with Crippen LogP contribution in [-0.4, -0.2) is 41.8 Å². The number of ether oxygens (including phenoxy) is 1. The van der Waals surface area contributed by atoms with Crippen LogP contribution in [0.1, 0.15) is 52.4 Å². The molecule has 0 radical (unpaired) electrons. The van der Waals surface area contributed by atoms with E-state index in [1.165, 1.54) is 5.56 Å². The van der Waals surface area contributed by atoms with Gasteiger partial charge in [-0.05, 0) is 35.2 Å². The Morgan fingerprint density at radius 2 is 1.67 bits per heavy atom. The van der Waals surface area contributed by atoms with Crippen LogP contribution in [0.5, 0.6) is 5.75 Å². The van der Waals surface area contributed by atoms with Crippen LogP contribution in [0.25, 0.3) is 0 Å². The minimum absolute atomic E-state index is 0.0000982. The van der Waals surface area contributed by atoms with Crippen molar-refractivity contribution in [2.24, 2.45) is 0 Å². The van der Waals surface area contributed by atoms with Gasteiger partial charge in [0.25, 0.3) is 5.91 Å². The minimum Gasteiger partial charge on any atom is -0.497 e. The van der Waals surface area contributed by atoms with E-state index in [0.29, 0.717) is 24.6 Å². The zero-order chi connectivity index (χ0) is 23.2. The van der Waals surface area contributed by atoms with Crippen molar-refractivity contribution in [2.45, 2.75) is 31.8 Å². The van der Waals surface area contributed by atoms with E-state index in [1.54, 1.807) is 7.11 Å². The fraction of sp³-hybridized carbons (Fsp3) is 0.286. The molecule has 0 aromatic heterocycles. The highest BCUT2D eigenvalue weighted by molar-refractivity contribution is 6.02. The normalized spacial score (nSPS) is 19.1. The van der Waals surface area contributed by atoms with Crippen molar-refractivity contribution in [3.8, 4) is 5.75 Å². The molecule has 1 fully saturated rings. The highest BCUT2D eigenvalue weighted by Crippen LogP contribution is 2.49. The molecule has 168 valence electrons. The van der Waals surface area contributed by atoms with Gasteiger partial charge < -0.3 is 14.5 Å². The first-order valence-electron chi connectivity index (χ1n) is 11.4. The molecule has 0 aliphatic carbocycles. The maximum atomic E-state index is 13.7. The lowest BCUT2D eigenvalue weighted by Crippen LogP contribution is -2.52. The number of carbonyl (C=O) groups excluding carboxylic acids is 2. The van der Waals surface area contributed by atoms with Crippen molar-refractivity contribution in [2.75, 3.05) is 20.2 Å². The SMILES string of the molecule is COc1ccc(CC(=O)N2CCN3C(=O)c4ccccc4C23c2ccc(C(C)C)cc2)cc1. The Balaban J connectivity index is 1.60. The zero-order valence-electron chi connectivity index (χ0n) is 19.2. The lowest BCUT2D eigenvalue weighted by Gasteiger charge is -2.40. The lowest BCUT2D eigenvalue weighted by atomic mass is 9.88. The van der Waals surface area contributed by atoms with Crippen molar-refractivity contribution in [1.82, 2.24) is 9.80 Å². The van der Waals surface area contributed by atoms with E-state index in [9.17, 15) is 9.59 Å². The molecule has 5 rings (SSSR count). The van der Waals surface area contributed by atoms with Crippen LogP contribution >= 0.6 is 0 Å². The van der Waals surface area contributed by atoms with Crippen molar-refractivity contribution < 1.29 is 14.3 Å². The quantitative estimate of drug-likeness (QED) is 0.584. The van der Waals surface area contributed by atoms with Crippen molar-refractivity contribution >= 4 is 11.8 Å². The van der Waals surface area contributed by atoms with Crippen LogP contribution in [0.4, 0.5) is 0 Å². The molecule has 2 aliphatic rings. The summed E-state index contributed by atoms with van der Waals surface area (Å²) >= 11 is 0. The summed E-state index contributed by atoms with van der Waals surface area (Å²) in [6, 6.07) is 23.7. The topological polar surface area (TPSA) is 49.9 Å². The Kier molecular flexibility index (Phi) is 5.20. The molecule has 33 heavy (non-hydrogen) atoms. The van der Waals surface area contributed by atoms with Gasteiger partial charge in [0.05, 0.1) is 13.5 Å². The van der Waals surface area contributed by atoms with Crippen LogP contribution in [0, 0.1) is 0 Å². The van der Waals surface area contributed by atoms with E-state index in [1.807, 2.05) is 58.3 Å². The summed E-state index contributed by atoms with van der Waals surface area (Å²) in [5.74, 6) is 1.15. The Morgan fingerprint density at radius 3 is 2.33 bits per heavy atom. The first-order valence-corrected chi connectivity index (χ1v) is 11.4. The molecule has 2 heterocycles. The Labute approximate surface area is 194 Å². The van der Waals surface area contributed by atoms with E-state index >= 15 is 0 Å². The Bertz CT molecular complexity index is 1200. The number of fused-ring (bicyclic) bond motifs is 3. The summed E-state index contributed by atoms with van der Waals surface area (Å²) in [6.45, 7) is 5.33. The number of benzene rings is 3. The van der Waals surface area contributed by atoms with Gasteiger partial charge in [0.1, 0.15) is 5.75 Å². The van der Waals surface area contributed by atoms with Gasteiger partial charge in [0.15, 0.2) is 5.66 Å². The molecule has 0 saturated carbocycles. The van der Waals surface area contributed by atoms with E-state index in [0.717, 1.165) is 22.4 Å². The smallest absolute Gasteiger partial charge is 0.256 e. The third kappa shape index (κ3) is 3.22. The molecule has 1 unspecified atom stereocenters. The molecule has 2 amide bonds. The average Bonchev–Trinajstić information content (AvgIpc) is 3.35. The summed E-state index contributed by atoms with van der Waals surface area (Å²) in [5.41, 5.74) is 3.74. The maximum Gasteiger partial charge on any atom is 0.256 e. The van der Waals surface area contributed by atoms with Crippen LogP contribution < -0.4 is 4.74 Å². The lowest BCUT2D eigenvalue weighted by molar-refractivity contribution is -0.135. The summed E-state index contributed by atoms with van der Waals surface area (Å²) in [6.07, 6.45) is 0.264. The van der Waals surface area contributed by atoms with Gasteiger partial charge in [-0.3, -0.25) is 9.59 Å². The number of hydrogen-bond donors (Lipinski definition) is 0. The van der Waals surface area contributed by atoms with E-state index in [4.69, 9.17) is 4.74 Å². The molecule has 0 spiro atoms. The zero-order valence-corrected chi connectivity index (χ0v) is 19.2. The van der Waals surface area contributed by atoms with E-state index in [-0.39, 0.29) is 18.2 Å². The fourth-order valence-electron chi connectivity index (χ4n) is 5.21. The third-order valence-electron chi connectivity index (χ3n) is 6.90. The summed E-state index contributed by atoms with van der Waals surface area (Å²) < 4.78 is 5.24.